The van der Waals surface area contributed by atoms with Gasteiger partial charge in [0.05, 0.1) is 31.5 Å². The number of para-hydroxylation sites is 2. The van der Waals surface area contributed by atoms with Gasteiger partial charge in [-0.2, -0.15) is 0 Å². The Kier molecular flexibility index (Phi) is 6.61. The molecular formula is C24H28N4O4. The van der Waals surface area contributed by atoms with Crippen LogP contribution in [0.2, 0.25) is 0 Å². The van der Waals surface area contributed by atoms with Crippen molar-refractivity contribution in [1.29, 1.82) is 0 Å². The molecule has 0 bridgehead atoms. The molecule has 1 saturated heterocycles. The number of amides is 2. The predicted molar refractivity (Wildman–Crippen MR) is 122 cm³/mol. The number of esters is 1. The van der Waals surface area contributed by atoms with Crippen LogP contribution in [0.15, 0.2) is 65.9 Å². The molecule has 1 atom stereocenters. The number of rotatable bonds is 6. The zero-order chi connectivity index (χ0) is 22.5. The second kappa shape index (κ2) is 9.74. The molecule has 1 fully saturated rings. The first-order chi connectivity index (χ1) is 15.6. The molecule has 8 nitrogen and oxygen atoms in total. The van der Waals surface area contributed by atoms with E-state index in [2.05, 4.69) is 26.5 Å². The minimum atomic E-state index is -0.553. The van der Waals surface area contributed by atoms with Gasteiger partial charge >= 0.3 is 12.0 Å². The van der Waals surface area contributed by atoms with E-state index < -0.39 is 12.0 Å². The quantitative estimate of drug-likeness (QED) is 0.677. The van der Waals surface area contributed by atoms with E-state index in [0.717, 1.165) is 43.2 Å². The van der Waals surface area contributed by atoms with Crippen LogP contribution < -0.4 is 20.3 Å². The van der Waals surface area contributed by atoms with Crippen LogP contribution >= 0.6 is 0 Å². The summed E-state index contributed by atoms with van der Waals surface area (Å²) in [4.78, 5) is 29.6. The summed E-state index contributed by atoms with van der Waals surface area (Å²) in [6.45, 7) is 3.66. The number of nitrogens with one attached hydrogen (secondary N) is 2. The molecule has 2 aromatic rings. The highest BCUT2D eigenvalue weighted by Crippen LogP contribution is 2.30. The Labute approximate surface area is 187 Å². The molecule has 2 aromatic carbocycles. The van der Waals surface area contributed by atoms with E-state index in [1.807, 2.05) is 48.5 Å². The Bertz CT molecular complexity index is 1000. The van der Waals surface area contributed by atoms with Crippen molar-refractivity contribution in [2.75, 3.05) is 51.8 Å². The van der Waals surface area contributed by atoms with Crippen LogP contribution in [0.1, 0.15) is 11.6 Å². The maximum atomic E-state index is 12.7. The maximum absolute atomic E-state index is 12.7. The van der Waals surface area contributed by atoms with Gasteiger partial charge < -0.3 is 25.0 Å². The first-order valence-electron chi connectivity index (χ1n) is 10.6. The lowest BCUT2D eigenvalue weighted by atomic mass is 9.95. The zero-order valence-electron chi connectivity index (χ0n) is 18.3. The van der Waals surface area contributed by atoms with Crippen LogP contribution in [0.3, 0.4) is 0 Å². The first kappa shape index (κ1) is 21.7. The third-order valence-electron chi connectivity index (χ3n) is 5.87. The Balaban J connectivity index is 1.53. The van der Waals surface area contributed by atoms with Crippen LogP contribution in [-0.4, -0.2) is 63.8 Å². The fraction of sp³-hybridized carbons (Fsp3) is 0.333. The molecule has 168 valence electrons. The molecule has 32 heavy (non-hydrogen) atoms. The molecule has 4 rings (SSSR count). The van der Waals surface area contributed by atoms with Crippen LogP contribution in [0, 0.1) is 0 Å². The third-order valence-corrected chi connectivity index (χ3v) is 5.87. The second-order valence-electron chi connectivity index (χ2n) is 7.76. The highest BCUT2D eigenvalue weighted by molar-refractivity contribution is 5.95. The molecule has 8 heteroatoms. The van der Waals surface area contributed by atoms with Crippen molar-refractivity contribution in [2.45, 2.75) is 6.04 Å². The number of hydrogen-bond acceptors (Lipinski definition) is 6. The molecule has 1 unspecified atom stereocenters. The van der Waals surface area contributed by atoms with Crippen LogP contribution in [0.4, 0.5) is 10.5 Å². The lowest BCUT2D eigenvalue weighted by Gasteiger charge is -2.38. The van der Waals surface area contributed by atoms with Gasteiger partial charge in [0.25, 0.3) is 0 Å². The van der Waals surface area contributed by atoms with Crippen molar-refractivity contribution in [3.63, 3.8) is 0 Å². The van der Waals surface area contributed by atoms with Gasteiger partial charge in [0.2, 0.25) is 0 Å². The normalized spacial score (nSPS) is 19.2. The topological polar surface area (TPSA) is 83.1 Å². The standard InChI is InChI=1S/C24H28N4O4/c1-31-20-11-7-6-10-19(20)28-14-12-27(13-15-28)16-18-21(23(29)32-2)22(26-24(30)25-18)17-8-4-3-5-9-17/h3-11,22H,12-16H2,1-2H3,(H2,25,26,30). The fourth-order valence-corrected chi connectivity index (χ4v) is 4.25. The van der Waals surface area contributed by atoms with Gasteiger partial charge in [-0.05, 0) is 17.7 Å². The summed E-state index contributed by atoms with van der Waals surface area (Å²) >= 11 is 0. The smallest absolute Gasteiger partial charge is 0.338 e. The number of carbonyl (C=O) groups excluding carboxylic acids is 2. The summed E-state index contributed by atoms with van der Waals surface area (Å²) in [6, 6.07) is 16.6. The summed E-state index contributed by atoms with van der Waals surface area (Å²) in [5.41, 5.74) is 2.93. The van der Waals surface area contributed by atoms with Gasteiger partial charge in [-0.15, -0.1) is 0 Å². The van der Waals surface area contributed by atoms with Crippen LogP contribution in [0.5, 0.6) is 5.75 Å². The lowest BCUT2D eigenvalue weighted by molar-refractivity contribution is -0.136. The first-order valence-corrected chi connectivity index (χ1v) is 10.6. The molecule has 2 N–H and O–H groups in total. The van der Waals surface area contributed by atoms with Crippen LogP contribution in [0.25, 0.3) is 0 Å². The summed E-state index contributed by atoms with van der Waals surface area (Å²) < 4.78 is 10.6. The minimum Gasteiger partial charge on any atom is -0.495 e. The van der Waals surface area contributed by atoms with Gasteiger partial charge in [0.15, 0.2) is 0 Å². The van der Waals surface area contributed by atoms with E-state index in [1.54, 1.807) is 7.11 Å². The second-order valence-corrected chi connectivity index (χ2v) is 7.76. The molecule has 0 radical (unpaired) electrons. The zero-order valence-corrected chi connectivity index (χ0v) is 18.3. The SMILES string of the molecule is COC(=O)C1=C(CN2CCN(c3ccccc3OC)CC2)NC(=O)NC1c1ccccc1. The predicted octanol–water partition coefficient (Wildman–Crippen LogP) is 2.30. The summed E-state index contributed by atoms with van der Waals surface area (Å²) in [5.74, 6) is 0.405. The molecule has 0 aromatic heterocycles. The van der Waals surface area contributed by atoms with Crippen molar-refractivity contribution >= 4 is 17.7 Å². The average Bonchev–Trinajstić information content (AvgIpc) is 2.84. The molecule has 0 aliphatic carbocycles. The number of nitrogens with zero attached hydrogens (tertiary/aromatic N) is 2. The number of carbonyl (C=O) groups is 2. The van der Waals surface area contributed by atoms with Crippen molar-refractivity contribution in [2.24, 2.45) is 0 Å². The van der Waals surface area contributed by atoms with E-state index >= 15 is 0 Å². The molecule has 2 amide bonds. The van der Waals surface area contributed by atoms with Gasteiger partial charge in [-0.3, -0.25) is 4.90 Å². The summed E-state index contributed by atoms with van der Waals surface area (Å²) in [7, 11) is 3.04. The Morgan fingerprint density at radius 3 is 2.38 bits per heavy atom. The number of ether oxygens (including phenoxy) is 2. The average molecular weight is 437 g/mol. The van der Waals surface area contributed by atoms with E-state index in [-0.39, 0.29) is 6.03 Å². The van der Waals surface area contributed by atoms with Gasteiger partial charge in [-0.25, -0.2) is 9.59 Å². The highest BCUT2D eigenvalue weighted by Gasteiger charge is 2.34. The number of benzene rings is 2. The number of methoxy groups -OCH3 is 2. The maximum Gasteiger partial charge on any atom is 0.338 e. The van der Waals surface area contributed by atoms with Crippen molar-refractivity contribution in [3.8, 4) is 5.75 Å². The number of urea groups is 1. The van der Waals surface area contributed by atoms with E-state index in [1.165, 1.54) is 7.11 Å². The van der Waals surface area contributed by atoms with Crippen LogP contribution in [-0.2, 0) is 9.53 Å². The number of hydrogen-bond donors (Lipinski definition) is 2. The Morgan fingerprint density at radius 1 is 1.00 bits per heavy atom. The number of piperazine rings is 1. The van der Waals surface area contributed by atoms with E-state index in [0.29, 0.717) is 17.8 Å². The fourth-order valence-electron chi connectivity index (χ4n) is 4.25. The van der Waals surface area contributed by atoms with Crippen molar-refractivity contribution in [1.82, 2.24) is 15.5 Å². The lowest BCUT2D eigenvalue weighted by Crippen LogP contribution is -2.51. The molecule has 0 saturated carbocycles. The van der Waals surface area contributed by atoms with E-state index in [9.17, 15) is 9.59 Å². The highest BCUT2D eigenvalue weighted by atomic mass is 16.5. The molecule has 0 spiro atoms. The Hall–Kier alpha value is -3.52. The molecule has 2 aliphatic heterocycles. The molecule has 2 heterocycles. The summed E-state index contributed by atoms with van der Waals surface area (Å²) in [6.07, 6.45) is 0. The molecular weight excluding hydrogens is 408 g/mol. The monoisotopic (exact) mass is 436 g/mol. The van der Waals surface area contributed by atoms with Gasteiger partial charge in [0, 0.05) is 38.4 Å². The minimum absolute atomic E-state index is 0.325. The van der Waals surface area contributed by atoms with Crippen molar-refractivity contribution in [3.05, 3.63) is 71.4 Å². The van der Waals surface area contributed by atoms with E-state index in [4.69, 9.17) is 9.47 Å². The van der Waals surface area contributed by atoms with Gasteiger partial charge in [0.1, 0.15) is 5.75 Å². The summed E-state index contributed by atoms with van der Waals surface area (Å²) in [5, 5.41) is 5.70. The third kappa shape index (κ3) is 4.55. The molecule has 2 aliphatic rings. The largest absolute Gasteiger partial charge is 0.495 e. The number of anilines is 1. The Morgan fingerprint density at radius 2 is 1.69 bits per heavy atom. The van der Waals surface area contributed by atoms with Gasteiger partial charge in [-0.1, -0.05) is 42.5 Å². The van der Waals surface area contributed by atoms with Crippen molar-refractivity contribution < 1.29 is 19.1 Å².